The van der Waals surface area contributed by atoms with E-state index in [4.69, 9.17) is 39.1 Å². The van der Waals surface area contributed by atoms with Crippen LogP contribution in [-0.4, -0.2) is 29.2 Å². The highest BCUT2D eigenvalue weighted by Crippen LogP contribution is 2.35. The molecule has 1 aliphatic heterocycles. The molecule has 0 saturated carbocycles. The van der Waals surface area contributed by atoms with Crippen molar-refractivity contribution < 1.29 is 19.1 Å². The molecule has 1 heterocycles. The number of hydrogen-bond acceptors (Lipinski definition) is 5. The molecule has 0 unspecified atom stereocenters. The minimum Gasteiger partial charge on any atom is -0.490 e. The molecule has 2 aromatic rings. The number of rotatable bonds is 7. The van der Waals surface area contributed by atoms with Gasteiger partial charge in [-0.1, -0.05) is 41.3 Å². The fourth-order valence-corrected chi connectivity index (χ4v) is 3.98. The van der Waals surface area contributed by atoms with E-state index in [0.29, 0.717) is 38.6 Å². The maximum atomic E-state index is 12.3. The topological polar surface area (TPSA) is 55.8 Å². The molecule has 154 valence electrons. The van der Waals surface area contributed by atoms with Crippen molar-refractivity contribution in [1.82, 2.24) is 4.90 Å². The number of halogens is 2. The molecule has 0 spiro atoms. The lowest BCUT2D eigenvalue weighted by molar-refractivity contribution is -0.122. The number of ether oxygens (including phenoxy) is 2. The first kappa shape index (κ1) is 22.1. The van der Waals surface area contributed by atoms with Crippen molar-refractivity contribution >= 4 is 52.2 Å². The number of carbonyl (C=O) groups excluding carboxylic acids is 2. The van der Waals surface area contributed by atoms with Gasteiger partial charge in [-0.05, 0) is 54.6 Å². The van der Waals surface area contributed by atoms with Crippen LogP contribution in [-0.2, 0) is 11.4 Å². The summed E-state index contributed by atoms with van der Waals surface area (Å²) < 4.78 is 11.6. The number of carbonyl (C=O) groups is 2. The van der Waals surface area contributed by atoms with E-state index in [2.05, 4.69) is 5.92 Å². The Labute approximate surface area is 188 Å². The minimum atomic E-state index is -0.404. The minimum absolute atomic E-state index is 0.0494. The fourth-order valence-electron chi connectivity index (χ4n) is 2.68. The largest absolute Gasteiger partial charge is 0.490 e. The lowest BCUT2D eigenvalue weighted by atomic mass is 10.1. The molecule has 0 aliphatic carbocycles. The molecule has 3 rings (SSSR count). The summed E-state index contributed by atoms with van der Waals surface area (Å²) >= 11 is 13.0. The van der Waals surface area contributed by atoms with Gasteiger partial charge in [0.1, 0.15) is 6.61 Å². The second-order valence-electron chi connectivity index (χ2n) is 6.14. The van der Waals surface area contributed by atoms with Gasteiger partial charge in [0.25, 0.3) is 11.1 Å². The second-order valence-corrected chi connectivity index (χ2v) is 7.97. The van der Waals surface area contributed by atoms with Crippen LogP contribution in [0.25, 0.3) is 6.08 Å². The quantitative estimate of drug-likeness (QED) is 0.394. The molecule has 30 heavy (non-hydrogen) atoms. The molecule has 2 amide bonds. The van der Waals surface area contributed by atoms with E-state index < -0.39 is 5.91 Å². The zero-order valence-electron chi connectivity index (χ0n) is 16.0. The van der Waals surface area contributed by atoms with Gasteiger partial charge in [-0.3, -0.25) is 14.5 Å². The standard InChI is InChI=1S/C22H17Cl2NO4S/c1-3-9-25-21(26)20(30-22(25)27)11-14-5-8-18(19(10-14)28-4-2)29-13-15-6-7-16(23)12-17(15)24/h1,5-8,10-12H,4,9,13H2,2H3/b20-11+. The Bertz CT molecular complexity index is 1060. The Kier molecular flexibility index (Phi) is 7.33. The molecule has 0 bridgehead atoms. The monoisotopic (exact) mass is 461 g/mol. The lowest BCUT2D eigenvalue weighted by Gasteiger charge is -2.13. The van der Waals surface area contributed by atoms with Gasteiger partial charge in [0, 0.05) is 15.6 Å². The molecular weight excluding hydrogens is 445 g/mol. The molecule has 0 aromatic heterocycles. The van der Waals surface area contributed by atoms with Gasteiger partial charge in [-0.25, -0.2) is 0 Å². The number of amides is 2. The normalized spacial score (nSPS) is 14.9. The second kappa shape index (κ2) is 9.94. The van der Waals surface area contributed by atoms with Crippen molar-refractivity contribution in [3.05, 3.63) is 62.5 Å². The summed E-state index contributed by atoms with van der Waals surface area (Å²) in [5, 5.41) is 0.684. The smallest absolute Gasteiger partial charge is 0.294 e. The van der Waals surface area contributed by atoms with Gasteiger partial charge >= 0.3 is 0 Å². The van der Waals surface area contributed by atoms with Crippen LogP contribution in [0.15, 0.2) is 41.3 Å². The molecule has 0 N–H and O–H groups in total. The van der Waals surface area contributed by atoms with Crippen LogP contribution in [0.4, 0.5) is 4.79 Å². The summed E-state index contributed by atoms with van der Waals surface area (Å²) in [4.78, 5) is 25.6. The van der Waals surface area contributed by atoms with E-state index in [1.807, 2.05) is 6.92 Å². The Hall–Kier alpha value is -2.59. The van der Waals surface area contributed by atoms with E-state index in [1.165, 1.54) is 0 Å². The van der Waals surface area contributed by atoms with Crippen LogP contribution < -0.4 is 9.47 Å². The Morgan fingerprint density at radius 2 is 1.93 bits per heavy atom. The predicted molar refractivity (Wildman–Crippen MR) is 120 cm³/mol. The van der Waals surface area contributed by atoms with Crippen molar-refractivity contribution in [2.75, 3.05) is 13.2 Å². The van der Waals surface area contributed by atoms with E-state index >= 15 is 0 Å². The molecule has 0 radical (unpaired) electrons. The average molecular weight is 462 g/mol. The highest BCUT2D eigenvalue weighted by Gasteiger charge is 2.34. The van der Waals surface area contributed by atoms with Crippen LogP contribution in [0.3, 0.4) is 0 Å². The third-order valence-electron chi connectivity index (χ3n) is 4.09. The van der Waals surface area contributed by atoms with Crippen LogP contribution in [0.5, 0.6) is 11.5 Å². The summed E-state index contributed by atoms with van der Waals surface area (Å²) in [5.74, 6) is 2.95. The highest BCUT2D eigenvalue weighted by molar-refractivity contribution is 8.18. The van der Waals surface area contributed by atoms with Gasteiger partial charge in [0.05, 0.1) is 18.1 Å². The molecule has 2 aromatic carbocycles. The first-order valence-electron chi connectivity index (χ1n) is 8.95. The maximum Gasteiger partial charge on any atom is 0.294 e. The number of thioether (sulfide) groups is 1. The zero-order valence-corrected chi connectivity index (χ0v) is 18.3. The number of nitrogens with zero attached hydrogens (tertiary/aromatic N) is 1. The Balaban J connectivity index is 1.80. The number of terminal acetylenes is 1. The van der Waals surface area contributed by atoms with E-state index in [-0.39, 0.29) is 18.4 Å². The number of hydrogen-bond donors (Lipinski definition) is 0. The van der Waals surface area contributed by atoms with Crippen LogP contribution in [0.1, 0.15) is 18.1 Å². The first-order valence-corrected chi connectivity index (χ1v) is 10.5. The van der Waals surface area contributed by atoms with Crippen molar-refractivity contribution in [3.8, 4) is 23.8 Å². The summed E-state index contributed by atoms with van der Waals surface area (Å²) in [6, 6.07) is 10.5. The van der Waals surface area contributed by atoms with E-state index in [0.717, 1.165) is 22.2 Å². The molecule has 1 fully saturated rings. The fraction of sp³-hybridized carbons (Fsp3) is 0.182. The van der Waals surface area contributed by atoms with E-state index in [9.17, 15) is 9.59 Å². The summed E-state index contributed by atoms with van der Waals surface area (Å²) in [5.41, 5.74) is 1.48. The van der Waals surface area contributed by atoms with Crippen molar-refractivity contribution in [3.63, 3.8) is 0 Å². The molecule has 5 nitrogen and oxygen atoms in total. The Morgan fingerprint density at radius 3 is 2.63 bits per heavy atom. The van der Waals surface area contributed by atoms with Gasteiger partial charge in [0.15, 0.2) is 11.5 Å². The van der Waals surface area contributed by atoms with Crippen molar-refractivity contribution in [1.29, 1.82) is 0 Å². The van der Waals surface area contributed by atoms with Crippen LogP contribution in [0, 0.1) is 12.3 Å². The highest BCUT2D eigenvalue weighted by atomic mass is 35.5. The third-order valence-corrected chi connectivity index (χ3v) is 5.58. The van der Waals surface area contributed by atoms with Crippen molar-refractivity contribution in [2.45, 2.75) is 13.5 Å². The molecule has 0 atom stereocenters. The summed E-state index contributed by atoms with van der Waals surface area (Å²) in [6.45, 7) is 2.48. The van der Waals surface area contributed by atoms with Gasteiger partial charge in [-0.15, -0.1) is 6.42 Å². The average Bonchev–Trinajstić information content (AvgIpc) is 2.96. The van der Waals surface area contributed by atoms with Gasteiger partial charge in [-0.2, -0.15) is 0 Å². The van der Waals surface area contributed by atoms with Crippen molar-refractivity contribution in [2.24, 2.45) is 0 Å². The predicted octanol–water partition coefficient (Wildman–Crippen LogP) is 5.64. The third kappa shape index (κ3) is 5.11. The SMILES string of the molecule is C#CCN1C(=O)S/C(=C/c2ccc(OCc3ccc(Cl)cc3Cl)c(OCC)c2)C1=O. The first-order chi connectivity index (χ1) is 14.4. The van der Waals surface area contributed by atoms with Gasteiger partial charge < -0.3 is 9.47 Å². The van der Waals surface area contributed by atoms with Crippen LogP contribution in [0.2, 0.25) is 10.0 Å². The summed E-state index contributed by atoms with van der Waals surface area (Å²) in [7, 11) is 0. The van der Waals surface area contributed by atoms with E-state index in [1.54, 1.807) is 42.5 Å². The lowest BCUT2D eigenvalue weighted by Crippen LogP contribution is -2.28. The molecule has 1 saturated heterocycles. The molecule has 1 aliphatic rings. The summed E-state index contributed by atoms with van der Waals surface area (Å²) in [6.07, 6.45) is 6.85. The van der Waals surface area contributed by atoms with Gasteiger partial charge in [0.2, 0.25) is 0 Å². The number of imide groups is 1. The molecular formula is C22H17Cl2NO4S. The molecule has 8 heteroatoms. The zero-order chi connectivity index (χ0) is 21.7. The van der Waals surface area contributed by atoms with Crippen LogP contribution >= 0.6 is 35.0 Å². The number of benzene rings is 2. The Morgan fingerprint density at radius 1 is 1.13 bits per heavy atom. The maximum absolute atomic E-state index is 12.3.